The first-order chi connectivity index (χ1) is 11.6. The zero-order valence-electron chi connectivity index (χ0n) is 13.9. The molecule has 1 amide bonds. The molecule has 2 N–H and O–H groups in total. The van der Waals surface area contributed by atoms with Crippen molar-refractivity contribution in [2.45, 2.75) is 57.6 Å². The SMILES string of the molecule is O=C([C@@H]1CCCO1)N(Cc1c[nH]c(=O)[nH]c1=O)CC1CCCCC1. The van der Waals surface area contributed by atoms with E-state index in [-0.39, 0.29) is 12.5 Å². The Balaban J connectivity index is 1.75. The third kappa shape index (κ3) is 4.14. The summed E-state index contributed by atoms with van der Waals surface area (Å²) in [5.41, 5.74) is -0.572. The zero-order valence-corrected chi connectivity index (χ0v) is 13.9. The number of rotatable bonds is 5. The number of H-pyrrole nitrogens is 2. The van der Waals surface area contributed by atoms with Gasteiger partial charge in [-0.25, -0.2) is 4.79 Å². The first-order valence-corrected chi connectivity index (χ1v) is 8.85. The topological polar surface area (TPSA) is 95.3 Å². The predicted molar refractivity (Wildman–Crippen MR) is 88.6 cm³/mol. The van der Waals surface area contributed by atoms with E-state index < -0.39 is 17.4 Å². The van der Waals surface area contributed by atoms with Crippen molar-refractivity contribution < 1.29 is 9.53 Å². The summed E-state index contributed by atoms with van der Waals surface area (Å²) < 4.78 is 5.54. The average Bonchev–Trinajstić information content (AvgIpc) is 3.11. The summed E-state index contributed by atoms with van der Waals surface area (Å²) in [6, 6.07) is 0. The second-order valence-electron chi connectivity index (χ2n) is 6.82. The number of amides is 1. The van der Waals surface area contributed by atoms with Gasteiger partial charge in [0.2, 0.25) is 0 Å². The Labute approximate surface area is 140 Å². The van der Waals surface area contributed by atoms with E-state index in [0.717, 1.165) is 25.7 Å². The van der Waals surface area contributed by atoms with E-state index in [1.54, 1.807) is 4.90 Å². The highest BCUT2D eigenvalue weighted by Gasteiger charge is 2.30. The van der Waals surface area contributed by atoms with Crippen LogP contribution in [0.2, 0.25) is 0 Å². The highest BCUT2D eigenvalue weighted by molar-refractivity contribution is 5.81. The second kappa shape index (κ2) is 7.79. The van der Waals surface area contributed by atoms with Gasteiger partial charge in [-0.05, 0) is 31.6 Å². The van der Waals surface area contributed by atoms with Crippen LogP contribution in [0.1, 0.15) is 50.5 Å². The van der Waals surface area contributed by atoms with E-state index in [1.807, 2.05) is 0 Å². The van der Waals surface area contributed by atoms with Gasteiger partial charge in [-0.1, -0.05) is 19.3 Å². The molecular formula is C17H25N3O4. The number of hydrogen-bond acceptors (Lipinski definition) is 4. The minimum Gasteiger partial charge on any atom is -0.368 e. The van der Waals surface area contributed by atoms with Crippen LogP contribution in [-0.2, 0) is 16.1 Å². The lowest BCUT2D eigenvalue weighted by Gasteiger charge is -2.31. The number of carbonyl (C=O) groups is 1. The van der Waals surface area contributed by atoms with Crippen LogP contribution in [0.25, 0.3) is 0 Å². The minimum absolute atomic E-state index is 0.0383. The molecule has 0 aromatic carbocycles. The molecule has 1 aromatic rings. The van der Waals surface area contributed by atoms with Crippen molar-refractivity contribution in [1.82, 2.24) is 14.9 Å². The fourth-order valence-corrected chi connectivity index (χ4v) is 3.65. The molecule has 2 aliphatic rings. The third-order valence-corrected chi connectivity index (χ3v) is 4.98. The van der Waals surface area contributed by atoms with Crippen LogP contribution in [0.4, 0.5) is 0 Å². The summed E-state index contributed by atoms with van der Waals surface area (Å²) >= 11 is 0. The molecule has 1 aliphatic carbocycles. The molecule has 0 radical (unpaired) electrons. The van der Waals surface area contributed by atoms with Gasteiger partial charge in [-0.3, -0.25) is 14.6 Å². The van der Waals surface area contributed by atoms with E-state index in [4.69, 9.17) is 4.74 Å². The Kier molecular flexibility index (Phi) is 5.50. The highest BCUT2D eigenvalue weighted by Crippen LogP contribution is 2.26. The van der Waals surface area contributed by atoms with Crippen molar-refractivity contribution >= 4 is 5.91 Å². The van der Waals surface area contributed by atoms with Crippen molar-refractivity contribution in [2.75, 3.05) is 13.2 Å². The van der Waals surface area contributed by atoms with Gasteiger partial charge in [0.05, 0.1) is 12.1 Å². The Morgan fingerprint density at radius 1 is 1.17 bits per heavy atom. The maximum absolute atomic E-state index is 12.8. The number of ether oxygens (including phenoxy) is 1. The molecule has 1 aliphatic heterocycles. The minimum atomic E-state index is -0.534. The van der Waals surface area contributed by atoms with Crippen LogP contribution in [0.5, 0.6) is 0 Å². The molecule has 1 aromatic heterocycles. The highest BCUT2D eigenvalue weighted by atomic mass is 16.5. The van der Waals surface area contributed by atoms with Gasteiger partial charge in [-0.15, -0.1) is 0 Å². The van der Waals surface area contributed by atoms with E-state index in [2.05, 4.69) is 9.97 Å². The van der Waals surface area contributed by atoms with Crippen molar-refractivity contribution in [3.8, 4) is 0 Å². The second-order valence-corrected chi connectivity index (χ2v) is 6.82. The lowest BCUT2D eigenvalue weighted by atomic mass is 9.88. The number of nitrogens with one attached hydrogen (secondary N) is 2. The molecular weight excluding hydrogens is 310 g/mol. The Morgan fingerprint density at radius 3 is 2.62 bits per heavy atom. The fourth-order valence-electron chi connectivity index (χ4n) is 3.65. The Morgan fingerprint density at radius 2 is 1.96 bits per heavy atom. The van der Waals surface area contributed by atoms with Crippen LogP contribution in [0.3, 0.4) is 0 Å². The largest absolute Gasteiger partial charge is 0.368 e. The van der Waals surface area contributed by atoms with Crippen molar-refractivity contribution in [3.63, 3.8) is 0 Å². The fraction of sp³-hybridized carbons (Fsp3) is 0.706. The maximum atomic E-state index is 12.8. The lowest BCUT2D eigenvalue weighted by molar-refractivity contribution is -0.142. The number of aromatic amines is 2. The van der Waals surface area contributed by atoms with Crippen molar-refractivity contribution in [3.05, 3.63) is 32.6 Å². The molecule has 1 saturated carbocycles. The van der Waals surface area contributed by atoms with Crippen LogP contribution in [0, 0.1) is 5.92 Å². The third-order valence-electron chi connectivity index (χ3n) is 4.98. The van der Waals surface area contributed by atoms with Gasteiger partial charge in [0.25, 0.3) is 11.5 Å². The Bertz CT molecular complexity index is 669. The predicted octanol–water partition coefficient (Wildman–Crippen LogP) is 1.15. The zero-order chi connectivity index (χ0) is 16.9. The van der Waals surface area contributed by atoms with Crippen LogP contribution in [-0.4, -0.2) is 40.0 Å². The maximum Gasteiger partial charge on any atom is 0.325 e. The van der Waals surface area contributed by atoms with Gasteiger partial charge < -0.3 is 14.6 Å². The summed E-state index contributed by atoms with van der Waals surface area (Å²) in [5, 5.41) is 0. The molecule has 132 valence electrons. The molecule has 0 unspecified atom stereocenters. The quantitative estimate of drug-likeness (QED) is 0.844. The summed E-state index contributed by atoms with van der Waals surface area (Å²) in [6.45, 7) is 1.48. The average molecular weight is 335 g/mol. The molecule has 2 heterocycles. The number of nitrogens with zero attached hydrogens (tertiary/aromatic N) is 1. The summed E-state index contributed by atoms with van der Waals surface area (Å²) in [6.07, 6.45) is 8.55. The normalized spacial score (nSPS) is 21.8. The molecule has 0 bridgehead atoms. The number of hydrogen-bond donors (Lipinski definition) is 2. The van der Waals surface area contributed by atoms with E-state index in [0.29, 0.717) is 24.6 Å². The van der Waals surface area contributed by atoms with Gasteiger partial charge in [0.1, 0.15) is 6.10 Å². The van der Waals surface area contributed by atoms with E-state index >= 15 is 0 Å². The number of aromatic nitrogens is 2. The van der Waals surface area contributed by atoms with Gasteiger partial charge in [0, 0.05) is 19.3 Å². The summed E-state index contributed by atoms with van der Waals surface area (Å²) in [5.74, 6) is 0.439. The van der Waals surface area contributed by atoms with E-state index in [1.165, 1.54) is 25.5 Å². The van der Waals surface area contributed by atoms with Crippen LogP contribution < -0.4 is 11.2 Å². The molecule has 1 saturated heterocycles. The molecule has 3 rings (SSSR count). The monoisotopic (exact) mass is 335 g/mol. The van der Waals surface area contributed by atoms with Gasteiger partial charge in [0.15, 0.2) is 0 Å². The number of carbonyl (C=O) groups excluding carboxylic acids is 1. The first kappa shape index (κ1) is 17.0. The molecule has 0 spiro atoms. The standard InChI is InChI=1S/C17H25N3O4/c21-15-13(9-18-17(23)19-15)11-20(10-12-5-2-1-3-6-12)16(22)14-7-4-8-24-14/h9,12,14H,1-8,10-11H2,(H2,18,19,21,23)/t14-/m0/s1. The van der Waals surface area contributed by atoms with Crippen LogP contribution in [0.15, 0.2) is 15.8 Å². The van der Waals surface area contributed by atoms with E-state index in [9.17, 15) is 14.4 Å². The molecule has 2 fully saturated rings. The molecule has 7 heteroatoms. The summed E-state index contributed by atoms with van der Waals surface area (Å²) in [7, 11) is 0. The van der Waals surface area contributed by atoms with Gasteiger partial charge >= 0.3 is 5.69 Å². The van der Waals surface area contributed by atoms with Crippen molar-refractivity contribution in [1.29, 1.82) is 0 Å². The van der Waals surface area contributed by atoms with Gasteiger partial charge in [-0.2, -0.15) is 0 Å². The molecule has 7 nitrogen and oxygen atoms in total. The molecule has 24 heavy (non-hydrogen) atoms. The Hall–Kier alpha value is -1.89. The molecule has 1 atom stereocenters. The summed E-state index contributed by atoms with van der Waals surface area (Å²) in [4.78, 5) is 42.4. The van der Waals surface area contributed by atoms with Crippen molar-refractivity contribution in [2.24, 2.45) is 5.92 Å². The first-order valence-electron chi connectivity index (χ1n) is 8.85. The van der Waals surface area contributed by atoms with Crippen LogP contribution >= 0.6 is 0 Å². The smallest absolute Gasteiger partial charge is 0.325 e. The lowest BCUT2D eigenvalue weighted by Crippen LogP contribution is -2.43.